The molecule has 1 heterocycles. The van der Waals surface area contributed by atoms with Crippen LogP contribution in [0.15, 0.2) is 30.4 Å². The molecule has 0 unspecified atom stereocenters. The highest BCUT2D eigenvalue weighted by Crippen LogP contribution is 2.28. The Hall–Kier alpha value is -0.990. The van der Waals surface area contributed by atoms with Gasteiger partial charge < -0.3 is 10.1 Å². The largest absolute Gasteiger partial charge is 0.488 e. The summed E-state index contributed by atoms with van der Waals surface area (Å²) < 4.78 is 5.60. The Morgan fingerprint density at radius 3 is 2.79 bits per heavy atom. The van der Waals surface area contributed by atoms with Crippen molar-refractivity contribution in [2.24, 2.45) is 5.92 Å². The molecular formula is C16H22ClNO. The fraction of sp³-hybridized carbons (Fsp3) is 0.500. The monoisotopic (exact) mass is 279 g/mol. The molecule has 1 saturated heterocycles. The average Bonchev–Trinajstić information content (AvgIpc) is 2.39. The predicted octanol–water partition coefficient (Wildman–Crippen LogP) is 3.84. The van der Waals surface area contributed by atoms with Crippen LogP contribution in [0.1, 0.15) is 25.3 Å². The van der Waals surface area contributed by atoms with Crippen molar-refractivity contribution in [3.63, 3.8) is 0 Å². The average molecular weight is 280 g/mol. The van der Waals surface area contributed by atoms with Crippen LogP contribution in [-0.4, -0.2) is 19.7 Å². The molecule has 0 radical (unpaired) electrons. The SMILES string of the molecule is C=C(C)COc1ccc(CC2CCNCC2)cc1Cl. The molecule has 2 nitrogen and oxygen atoms in total. The summed E-state index contributed by atoms with van der Waals surface area (Å²) >= 11 is 6.26. The minimum atomic E-state index is 0.521. The van der Waals surface area contributed by atoms with Gasteiger partial charge in [-0.25, -0.2) is 0 Å². The Kier molecular flexibility index (Phi) is 5.29. The molecule has 0 aromatic heterocycles. The number of halogens is 1. The van der Waals surface area contributed by atoms with Crippen LogP contribution >= 0.6 is 11.6 Å². The smallest absolute Gasteiger partial charge is 0.138 e. The van der Waals surface area contributed by atoms with Crippen molar-refractivity contribution in [1.29, 1.82) is 0 Å². The molecule has 1 aliphatic heterocycles. The van der Waals surface area contributed by atoms with E-state index in [0.717, 1.165) is 36.8 Å². The number of piperidine rings is 1. The molecule has 19 heavy (non-hydrogen) atoms. The van der Waals surface area contributed by atoms with Crippen LogP contribution < -0.4 is 10.1 Å². The van der Waals surface area contributed by atoms with E-state index in [2.05, 4.69) is 18.0 Å². The number of nitrogens with one attached hydrogen (secondary N) is 1. The summed E-state index contributed by atoms with van der Waals surface area (Å²) in [6, 6.07) is 6.14. The zero-order chi connectivity index (χ0) is 13.7. The first kappa shape index (κ1) is 14.4. The number of ether oxygens (including phenoxy) is 1. The molecule has 0 aliphatic carbocycles. The normalized spacial score (nSPS) is 16.3. The van der Waals surface area contributed by atoms with Crippen molar-refractivity contribution in [3.8, 4) is 5.75 Å². The number of rotatable bonds is 5. The summed E-state index contributed by atoms with van der Waals surface area (Å²) in [5, 5.41) is 4.10. The van der Waals surface area contributed by atoms with Crippen molar-refractivity contribution in [1.82, 2.24) is 5.32 Å². The zero-order valence-electron chi connectivity index (χ0n) is 11.5. The van der Waals surface area contributed by atoms with E-state index in [-0.39, 0.29) is 0 Å². The third-order valence-corrected chi connectivity index (χ3v) is 3.75. The molecular weight excluding hydrogens is 258 g/mol. The van der Waals surface area contributed by atoms with Gasteiger partial charge in [-0.1, -0.05) is 24.2 Å². The lowest BCUT2D eigenvalue weighted by molar-refractivity contribution is 0.352. The molecule has 0 spiro atoms. The maximum absolute atomic E-state index is 6.26. The third-order valence-electron chi connectivity index (χ3n) is 3.45. The summed E-state index contributed by atoms with van der Waals surface area (Å²) in [5.41, 5.74) is 2.30. The Morgan fingerprint density at radius 1 is 1.42 bits per heavy atom. The highest BCUT2D eigenvalue weighted by atomic mass is 35.5. The molecule has 3 heteroatoms. The van der Waals surface area contributed by atoms with Crippen molar-refractivity contribution < 1.29 is 4.74 Å². The van der Waals surface area contributed by atoms with Gasteiger partial charge in [-0.05, 0) is 68.5 Å². The molecule has 104 valence electrons. The van der Waals surface area contributed by atoms with Gasteiger partial charge >= 0.3 is 0 Å². The fourth-order valence-corrected chi connectivity index (χ4v) is 2.67. The van der Waals surface area contributed by atoms with Crippen LogP contribution in [0.2, 0.25) is 5.02 Å². The van der Waals surface area contributed by atoms with Gasteiger partial charge in [-0.15, -0.1) is 0 Å². The summed E-state index contributed by atoms with van der Waals surface area (Å²) in [6.07, 6.45) is 3.62. The highest BCUT2D eigenvalue weighted by Gasteiger charge is 2.14. The molecule has 1 N–H and O–H groups in total. The van der Waals surface area contributed by atoms with Gasteiger partial charge in [0.25, 0.3) is 0 Å². The van der Waals surface area contributed by atoms with Crippen LogP contribution in [-0.2, 0) is 6.42 Å². The second-order valence-electron chi connectivity index (χ2n) is 5.41. The molecule has 0 saturated carbocycles. The van der Waals surface area contributed by atoms with Crippen LogP contribution in [0.25, 0.3) is 0 Å². The minimum Gasteiger partial charge on any atom is -0.488 e. The quantitative estimate of drug-likeness (QED) is 0.827. The molecule has 1 aromatic carbocycles. The van der Waals surface area contributed by atoms with E-state index >= 15 is 0 Å². The van der Waals surface area contributed by atoms with Crippen molar-refractivity contribution in [2.75, 3.05) is 19.7 Å². The second-order valence-corrected chi connectivity index (χ2v) is 5.82. The first-order valence-electron chi connectivity index (χ1n) is 6.91. The number of hydrogen-bond acceptors (Lipinski definition) is 2. The summed E-state index contributed by atoms with van der Waals surface area (Å²) in [6.45, 7) is 8.56. The van der Waals surface area contributed by atoms with Gasteiger partial charge in [-0.2, -0.15) is 0 Å². The minimum absolute atomic E-state index is 0.521. The van der Waals surface area contributed by atoms with E-state index in [1.165, 1.54) is 18.4 Å². The predicted molar refractivity (Wildman–Crippen MR) is 81.1 cm³/mol. The Morgan fingerprint density at radius 2 is 2.16 bits per heavy atom. The van der Waals surface area contributed by atoms with E-state index < -0.39 is 0 Å². The molecule has 1 aliphatic rings. The molecule has 0 amide bonds. The van der Waals surface area contributed by atoms with Crippen molar-refractivity contribution in [3.05, 3.63) is 40.9 Å². The van der Waals surface area contributed by atoms with Crippen LogP contribution in [0.4, 0.5) is 0 Å². The van der Waals surface area contributed by atoms with Crippen LogP contribution in [0, 0.1) is 5.92 Å². The lowest BCUT2D eigenvalue weighted by atomic mass is 9.91. The van der Waals surface area contributed by atoms with Crippen molar-refractivity contribution >= 4 is 11.6 Å². The Labute approximate surface area is 120 Å². The van der Waals surface area contributed by atoms with Gasteiger partial charge in [-0.3, -0.25) is 0 Å². The highest BCUT2D eigenvalue weighted by molar-refractivity contribution is 6.32. The van der Waals surface area contributed by atoms with Crippen molar-refractivity contribution in [2.45, 2.75) is 26.2 Å². The van der Waals surface area contributed by atoms with E-state index in [1.807, 2.05) is 19.1 Å². The lowest BCUT2D eigenvalue weighted by Gasteiger charge is -2.22. The first-order chi connectivity index (χ1) is 9.15. The van der Waals surface area contributed by atoms with E-state index in [0.29, 0.717) is 11.6 Å². The van der Waals surface area contributed by atoms with E-state index in [9.17, 15) is 0 Å². The first-order valence-corrected chi connectivity index (χ1v) is 7.29. The van der Waals surface area contributed by atoms with Gasteiger partial charge in [0.05, 0.1) is 5.02 Å². The lowest BCUT2D eigenvalue weighted by Crippen LogP contribution is -2.28. The van der Waals surface area contributed by atoms with Gasteiger partial charge in [0.15, 0.2) is 0 Å². The van der Waals surface area contributed by atoms with Gasteiger partial charge in [0.2, 0.25) is 0 Å². The van der Waals surface area contributed by atoms with E-state index in [4.69, 9.17) is 16.3 Å². The fourth-order valence-electron chi connectivity index (χ4n) is 2.41. The summed E-state index contributed by atoms with van der Waals surface area (Å²) in [5.74, 6) is 1.53. The van der Waals surface area contributed by atoms with E-state index in [1.54, 1.807) is 0 Å². The maximum Gasteiger partial charge on any atom is 0.138 e. The topological polar surface area (TPSA) is 21.3 Å². The Balaban J connectivity index is 1.95. The standard InChI is InChI=1S/C16H22ClNO/c1-12(2)11-19-16-4-3-14(10-15(16)17)9-13-5-7-18-8-6-13/h3-4,10,13,18H,1,5-9,11H2,2H3. The molecule has 1 aromatic rings. The second kappa shape index (κ2) is 6.97. The Bertz CT molecular complexity index is 438. The van der Waals surface area contributed by atoms with Crippen LogP contribution in [0.3, 0.4) is 0 Å². The number of hydrogen-bond donors (Lipinski definition) is 1. The summed E-state index contributed by atoms with van der Waals surface area (Å²) in [4.78, 5) is 0. The van der Waals surface area contributed by atoms with Gasteiger partial charge in [0.1, 0.15) is 12.4 Å². The van der Waals surface area contributed by atoms with Crippen LogP contribution in [0.5, 0.6) is 5.75 Å². The van der Waals surface area contributed by atoms with Gasteiger partial charge in [0, 0.05) is 0 Å². The molecule has 1 fully saturated rings. The molecule has 0 atom stereocenters. The molecule has 2 rings (SSSR count). The zero-order valence-corrected chi connectivity index (χ0v) is 12.3. The summed E-state index contributed by atoms with van der Waals surface area (Å²) in [7, 11) is 0. The number of benzene rings is 1. The third kappa shape index (κ3) is 4.55. The molecule has 0 bridgehead atoms. The maximum atomic E-state index is 6.26.